The number of halogens is 1. The molecule has 44 heavy (non-hydrogen) atoms. The van der Waals surface area contributed by atoms with Crippen LogP contribution >= 0.6 is 11.3 Å². The number of hydrogen-bond donors (Lipinski definition) is 2. The molecule has 1 saturated heterocycles. The van der Waals surface area contributed by atoms with Crippen LogP contribution in [0.5, 0.6) is 17.2 Å². The minimum absolute atomic E-state index is 0.0559. The first-order chi connectivity index (χ1) is 21.4. The van der Waals surface area contributed by atoms with Gasteiger partial charge in [0.2, 0.25) is 5.91 Å². The second kappa shape index (κ2) is 12.6. The minimum Gasteiger partial charge on any atom is -0.495 e. The van der Waals surface area contributed by atoms with Crippen molar-refractivity contribution in [2.24, 2.45) is 0 Å². The second-order valence-electron chi connectivity index (χ2n) is 10.2. The molecule has 3 aromatic heterocycles. The molecule has 1 amide bonds. The Morgan fingerprint density at radius 3 is 2.61 bits per heavy atom. The Morgan fingerprint density at radius 2 is 1.89 bits per heavy atom. The van der Waals surface area contributed by atoms with Crippen LogP contribution in [0, 0.1) is 12.7 Å². The van der Waals surface area contributed by atoms with Gasteiger partial charge in [-0.25, -0.2) is 19.3 Å². The van der Waals surface area contributed by atoms with E-state index in [1.165, 1.54) is 18.5 Å². The Bertz CT molecular complexity index is 1840. The number of amides is 1. The number of piperidine rings is 1. The predicted octanol–water partition coefficient (Wildman–Crippen LogP) is 6.73. The fourth-order valence-corrected chi connectivity index (χ4v) is 5.69. The van der Waals surface area contributed by atoms with Gasteiger partial charge in [-0.1, -0.05) is 6.58 Å². The number of likely N-dealkylation sites (tertiary alicyclic amines) is 1. The standard InChI is InChI=1S/C32H30FN7O3S/c1-4-31(41)40-11-8-20(9-12-40)38-28-15-23-26(16-30(28)42-3)35-18-36-32(23)39-25-6-5-21(13-24(25)33)43-22-7-10-34-27(14-22)29-17-44-19(2)37-29/h4-7,10,13-18,20,38H,1,8-9,11-12H2,2-3H3,(H,35,36,39). The number of pyridine rings is 1. The Labute approximate surface area is 257 Å². The van der Waals surface area contributed by atoms with Crippen LogP contribution in [0.4, 0.5) is 21.6 Å². The third-order valence-electron chi connectivity index (χ3n) is 7.34. The molecule has 1 aliphatic heterocycles. The molecule has 1 fully saturated rings. The third kappa shape index (κ3) is 6.30. The van der Waals surface area contributed by atoms with E-state index >= 15 is 4.39 Å². The lowest BCUT2D eigenvalue weighted by atomic mass is 10.0. The van der Waals surface area contributed by atoms with E-state index in [1.54, 1.807) is 53.8 Å². The number of carbonyl (C=O) groups is 1. The summed E-state index contributed by atoms with van der Waals surface area (Å²) < 4.78 is 26.9. The van der Waals surface area contributed by atoms with Crippen LogP contribution in [-0.2, 0) is 4.79 Å². The van der Waals surface area contributed by atoms with Crippen LogP contribution in [0.2, 0.25) is 0 Å². The molecule has 1 aliphatic rings. The third-order valence-corrected chi connectivity index (χ3v) is 8.11. The average Bonchev–Trinajstić information content (AvgIpc) is 3.48. The van der Waals surface area contributed by atoms with Gasteiger partial charge in [-0.2, -0.15) is 0 Å². The lowest BCUT2D eigenvalue weighted by molar-refractivity contribution is -0.126. The van der Waals surface area contributed by atoms with Crippen molar-refractivity contribution in [3.05, 3.63) is 83.8 Å². The van der Waals surface area contributed by atoms with E-state index < -0.39 is 5.82 Å². The monoisotopic (exact) mass is 611 g/mol. The van der Waals surface area contributed by atoms with E-state index in [0.29, 0.717) is 52.8 Å². The number of carbonyl (C=O) groups excluding carboxylic acids is 1. The van der Waals surface area contributed by atoms with Crippen molar-refractivity contribution < 1.29 is 18.7 Å². The topological polar surface area (TPSA) is 114 Å². The highest BCUT2D eigenvalue weighted by molar-refractivity contribution is 7.09. The zero-order chi connectivity index (χ0) is 30.6. The first-order valence-corrected chi connectivity index (χ1v) is 14.9. The molecule has 0 aliphatic carbocycles. The smallest absolute Gasteiger partial charge is 0.245 e. The van der Waals surface area contributed by atoms with Gasteiger partial charge in [-0.15, -0.1) is 11.3 Å². The number of ether oxygens (including phenoxy) is 2. The van der Waals surface area contributed by atoms with Crippen molar-refractivity contribution in [2.75, 3.05) is 30.8 Å². The molecule has 2 aromatic carbocycles. The van der Waals surface area contributed by atoms with Crippen molar-refractivity contribution in [2.45, 2.75) is 25.8 Å². The van der Waals surface area contributed by atoms with Crippen LogP contribution in [0.3, 0.4) is 0 Å². The molecule has 0 spiro atoms. The molecule has 0 radical (unpaired) electrons. The van der Waals surface area contributed by atoms with Gasteiger partial charge in [-0.3, -0.25) is 9.78 Å². The Balaban J connectivity index is 1.20. The van der Waals surface area contributed by atoms with E-state index in [0.717, 1.165) is 29.2 Å². The van der Waals surface area contributed by atoms with Crippen molar-refractivity contribution in [3.8, 4) is 28.6 Å². The number of fused-ring (bicyclic) bond motifs is 1. The van der Waals surface area contributed by atoms with Crippen LogP contribution in [-0.4, -0.2) is 57.0 Å². The molecule has 5 aromatic rings. The number of thiazole rings is 1. The number of methoxy groups -OCH3 is 1. The summed E-state index contributed by atoms with van der Waals surface area (Å²) in [7, 11) is 1.60. The molecule has 12 heteroatoms. The van der Waals surface area contributed by atoms with E-state index in [1.807, 2.05) is 24.4 Å². The van der Waals surface area contributed by atoms with E-state index in [9.17, 15) is 4.79 Å². The van der Waals surface area contributed by atoms with Crippen LogP contribution < -0.4 is 20.1 Å². The number of aryl methyl sites for hydroxylation is 1. The SMILES string of the molecule is C=CC(=O)N1CCC(Nc2cc3c(Nc4ccc(Oc5ccnc(-c6csc(C)n6)c5)cc4F)ncnc3cc2OC)CC1. The number of anilines is 3. The van der Waals surface area contributed by atoms with Crippen LogP contribution in [0.15, 0.2) is 73.0 Å². The minimum atomic E-state index is -0.508. The first-order valence-electron chi connectivity index (χ1n) is 14.0. The summed E-state index contributed by atoms with van der Waals surface area (Å²) in [6.45, 7) is 6.79. The maximum Gasteiger partial charge on any atom is 0.245 e. The number of nitrogens with zero attached hydrogens (tertiary/aromatic N) is 5. The highest BCUT2D eigenvalue weighted by Crippen LogP contribution is 2.35. The first kappa shape index (κ1) is 29.0. The van der Waals surface area contributed by atoms with Crippen LogP contribution in [0.25, 0.3) is 22.3 Å². The van der Waals surface area contributed by atoms with Crippen molar-refractivity contribution >= 4 is 45.3 Å². The quantitative estimate of drug-likeness (QED) is 0.175. The maximum atomic E-state index is 15.3. The molecule has 0 atom stereocenters. The van der Waals surface area contributed by atoms with E-state index in [-0.39, 0.29) is 17.6 Å². The van der Waals surface area contributed by atoms with Crippen molar-refractivity contribution in [3.63, 3.8) is 0 Å². The lowest BCUT2D eigenvalue weighted by Gasteiger charge is -2.32. The summed E-state index contributed by atoms with van der Waals surface area (Å²) in [5.74, 6) is 1.37. The zero-order valence-corrected chi connectivity index (χ0v) is 25.0. The Hall–Kier alpha value is -5.10. The van der Waals surface area contributed by atoms with Gasteiger partial charge in [0, 0.05) is 54.3 Å². The fourth-order valence-electron chi connectivity index (χ4n) is 5.08. The molecule has 0 bridgehead atoms. The summed E-state index contributed by atoms with van der Waals surface area (Å²) in [5.41, 5.74) is 3.08. The average molecular weight is 612 g/mol. The molecular weight excluding hydrogens is 581 g/mol. The summed E-state index contributed by atoms with van der Waals surface area (Å²) in [4.78, 5) is 31.4. The summed E-state index contributed by atoms with van der Waals surface area (Å²) in [6, 6.07) is 12.0. The zero-order valence-electron chi connectivity index (χ0n) is 24.2. The van der Waals surface area contributed by atoms with Gasteiger partial charge >= 0.3 is 0 Å². The van der Waals surface area contributed by atoms with Crippen molar-refractivity contribution in [1.82, 2.24) is 24.8 Å². The number of aromatic nitrogens is 4. The van der Waals surface area contributed by atoms with Gasteiger partial charge in [0.1, 0.15) is 35.2 Å². The van der Waals surface area contributed by atoms with Gasteiger partial charge in [0.05, 0.1) is 40.4 Å². The molecule has 4 heterocycles. The van der Waals surface area contributed by atoms with E-state index in [4.69, 9.17) is 9.47 Å². The molecule has 0 unspecified atom stereocenters. The molecule has 10 nitrogen and oxygen atoms in total. The largest absolute Gasteiger partial charge is 0.495 e. The summed E-state index contributed by atoms with van der Waals surface area (Å²) in [5, 5.41) is 10.2. The maximum absolute atomic E-state index is 15.3. The summed E-state index contributed by atoms with van der Waals surface area (Å²) >= 11 is 1.54. The fraction of sp³-hybridized carbons (Fsp3) is 0.219. The molecular formula is C32H30FN7O3S. The Morgan fingerprint density at radius 1 is 1.07 bits per heavy atom. The highest BCUT2D eigenvalue weighted by Gasteiger charge is 2.23. The van der Waals surface area contributed by atoms with Crippen LogP contribution in [0.1, 0.15) is 17.8 Å². The number of hydrogen-bond acceptors (Lipinski definition) is 10. The highest BCUT2D eigenvalue weighted by atomic mass is 32.1. The van der Waals surface area contributed by atoms with Gasteiger partial charge in [0.25, 0.3) is 0 Å². The number of benzene rings is 2. The normalized spacial score (nSPS) is 13.5. The lowest BCUT2D eigenvalue weighted by Crippen LogP contribution is -2.41. The molecule has 2 N–H and O–H groups in total. The molecule has 6 rings (SSSR count). The van der Waals surface area contributed by atoms with E-state index in [2.05, 4.69) is 37.1 Å². The Kier molecular flexibility index (Phi) is 8.33. The van der Waals surface area contributed by atoms with Gasteiger partial charge in [-0.05, 0) is 50.1 Å². The molecule has 224 valence electrons. The van der Waals surface area contributed by atoms with Gasteiger partial charge in [0.15, 0.2) is 0 Å². The van der Waals surface area contributed by atoms with Crippen molar-refractivity contribution in [1.29, 1.82) is 0 Å². The van der Waals surface area contributed by atoms with Gasteiger partial charge < -0.3 is 25.0 Å². The molecule has 0 saturated carbocycles. The number of rotatable bonds is 9. The summed E-state index contributed by atoms with van der Waals surface area (Å²) in [6.07, 6.45) is 5.96. The predicted molar refractivity (Wildman–Crippen MR) is 169 cm³/mol. The second-order valence-corrected chi connectivity index (χ2v) is 11.3. The number of nitrogens with one attached hydrogen (secondary N) is 2.